The fourth-order valence-corrected chi connectivity index (χ4v) is 2.36. The molecule has 0 atom stereocenters. The van der Waals surface area contributed by atoms with Crippen molar-refractivity contribution in [2.75, 3.05) is 0 Å². The van der Waals surface area contributed by atoms with Crippen LogP contribution in [0, 0.1) is 13.8 Å². The minimum atomic E-state index is 0.315. The maximum atomic E-state index is 5.82. The quantitative estimate of drug-likeness (QED) is 0.748. The van der Waals surface area contributed by atoms with E-state index in [0.717, 1.165) is 34.2 Å². The first-order valence-corrected chi connectivity index (χ1v) is 7.40. The van der Waals surface area contributed by atoms with E-state index < -0.39 is 0 Å². The molecule has 3 rings (SSSR count). The van der Waals surface area contributed by atoms with Crippen molar-refractivity contribution < 1.29 is 9.26 Å². The van der Waals surface area contributed by atoms with Crippen molar-refractivity contribution >= 4 is 0 Å². The molecule has 0 amide bonds. The molecule has 0 radical (unpaired) electrons. The first-order chi connectivity index (χ1) is 11.2. The number of aryl methyl sites for hydroxylation is 2. The fraction of sp³-hybridized carbons (Fsp3) is 0.312. The highest BCUT2D eigenvalue weighted by Gasteiger charge is 2.16. The van der Waals surface area contributed by atoms with E-state index in [4.69, 9.17) is 15.0 Å². The molecule has 2 heterocycles. The van der Waals surface area contributed by atoms with Crippen LogP contribution in [0.25, 0.3) is 0 Å². The third kappa shape index (κ3) is 3.24. The highest BCUT2D eigenvalue weighted by molar-refractivity contribution is 5.24. The standard InChI is InChI=1S/C16H19N5O2/c1-11-14(12(2)23-19-11)9-21-16(15(8-17)18-20-21)10-22-13-6-4-3-5-7-13/h3-7H,8-10,17H2,1-2H3. The molecule has 1 aromatic carbocycles. The molecule has 2 N–H and O–H groups in total. The van der Waals surface area contributed by atoms with Crippen LogP contribution in [0.4, 0.5) is 0 Å². The third-order valence-corrected chi connectivity index (χ3v) is 3.72. The van der Waals surface area contributed by atoms with Crippen LogP contribution in [-0.2, 0) is 19.7 Å². The Morgan fingerprint density at radius 1 is 1.22 bits per heavy atom. The molecular weight excluding hydrogens is 294 g/mol. The molecule has 23 heavy (non-hydrogen) atoms. The molecule has 0 saturated heterocycles. The summed E-state index contributed by atoms with van der Waals surface area (Å²) in [6, 6.07) is 9.62. The number of nitrogens with zero attached hydrogens (tertiary/aromatic N) is 4. The number of hydrogen-bond acceptors (Lipinski definition) is 6. The molecule has 0 aliphatic rings. The van der Waals surface area contributed by atoms with Gasteiger partial charge in [-0.3, -0.25) is 0 Å². The second-order valence-electron chi connectivity index (χ2n) is 5.25. The molecule has 3 aromatic rings. The van der Waals surface area contributed by atoms with Crippen LogP contribution in [0.1, 0.15) is 28.4 Å². The Labute approximate surface area is 134 Å². The zero-order chi connectivity index (χ0) is 16.2. The fourth-order valence-electron chi connectivity index (χ4n) is 2.36. The van der Waals surface area contributed by atoms with Crippen molar-refractivity contribution in [3.63, 3.8) is 0 Å². The van der Waals surface area contributed by atoms with Crippen molar-refractivity contribution in [3.05, 3.63) is 58.7 Å². The molecule has 0 aliphatic heterocycles. The molecule has 0 aliphatic carbocycles. The SMILES string of the molecule is Cc1noc(C)c1Cn1nnc(CN)c1COc1ccccc1. The second kappa shape index (κ2) is 6.62. The topological polar surface area (TPSA) is 92.0 Å². The molecule has 0 fully saturated rings. The van der Waals surface area contributed by atoms with Gasteiger partial charge in [-0.05, 0) is 26.0 Å². The molecule has 0 bridgehead atoms. The van der Waals surface area contributed by atoms with Gasteiger partial charge in [0.05, 0.1) is 12.2 Å². The summed E-state index contributed by atoms with van der Waals surface area (Å²) in [6.45, 7) is 4.99. The van der Waals surface area contributed by atoms with Gasteiger partial charge in [-0.1, -0.05) is 28.6 Å². The monoisotopic (exact) mass is 313 g/mol. The van der Waals surface area contributed by atoms with E-state index in [2.05, 4.69) is 15.5 Å². The Bertz CT molecular complexity index is 760. The van der Waals surface area contributed by atoms with Crippen molar-refractivity contribution in [1.82, 2.24) is 20.2 Å². The smallest absolute Gasteiger partial charge is 0.138 e. The predicted octanol–water partition coefficient (Wildman–Crippen LogP) is 1.97. The van der Waals surface area contributed by atoms with E-state index in [0.29, 0.717) is 19.7 Å². The lowest BCUT2D eigenvalue weighted by Gasteiger charge is -2.09. The molecule has 0 saturated carbocycles. The van der Waals surface area contributed by atoms with Gasteiger partial charge in [0.1, 0.15) is 29.5 Å². The summed E-state index contributed by atoms with van der Waals surface area (Å²) < 4.78 is 12.8. The maximum absolute atomic E-state index is 5.82. The number of benzene rings is 1. The van der Waals surface area contributed by atoms with Gasteiger partial charge in [-0.25, -0.2) is 4.68 Å². The Kier molecular flexibility index (Phi) is 4.38. The highest BCUT2D eigenvalue weighted by Crippen LogP contribution is 2.17. The third-order valence-electron chi connectivity index (χ3n) is 3.72. The van der Waals surface area contributed by atoms with E-state index in [1.54, 1.807) is 4.68 Å². The Hall–Kier alpha value is -2.67. The Morgan fingerprint density at radius 2 is 2.00 bits per heavy atom. The van der Waals surface area contributed by atoms with E-state index in [9.17, 15) is 0 Å². The molecule has 0 spiro atoms. The van der Waals surface area contributed by atoms with Crippen LogP contribution in [0.5, 0.6) is 5.75 Å². The van der Waals surface area contributed by atoms with Gasteiger partial charge < -0.3 is 15.0 Å². The highest BCUT2D eigenvalue weighted by atomic mass is 16.5. The zero-order valence-corrected chi connectivity index (χ0v) is 13.2. The summed E-state index contributed by atoms with van der Waals surface area (Å²) in [4.78, 5) is 0. The van der Waals surface area contributed by atoms with Gasteiger partial charge in [0, 0.05) is 12.1 Å². The molecule has 2 aromatic heterocycles. The lowest BCUT2D eigenvalue weighted by Crippen LogP contribution is -2.12. The van der Waals surface area contributed by atoms with Crippen LogP contribution in [-0.4, -0.2) is 20.2 Å². The number of nitrogens with two attached hydrogens (primary N) is 1. The molecule has 120 valence electrons. The number of hydrogen-bond donors (Lipinski definition) is 1. The van der Waals surface area contributed by atoms with Crippen LogP contribution in [0.3, 0.4) is 0 Å². The lowest BCUT2D eigenvalue weighted by atomic mass is 10.2. The molecule has 0 unspecified atom stereocenters. The molecular formula is C16H19N5O2. The minimum absolute atomic E-state index is 0.315. The summed E-state index contributed by atoms with van der Waals surface area (Å²) in [5.74, 6) is 1.57. The Morgan fingerprint density at radius 3 is 2.65 bits per heavy atom. The number of rotatable bonds is 6. The summed E-state index contributed by atoms with van der Waals surface area (Å²) in [5, 5.41) is 12.3. The summed E-state index contributed by atoms with van der Waals surface area (Å²) in [6.07, 6.45) is 0. The van der Waals surface area contributed by atoms with Crippen LogP contribution in [0.2, 0.25) is 0 Å². The van der Waals surface area contributed by atoms with Crippen molar-refractivity contribution in [2.45, 2.75) is 33.5 Å². The average molecular weight is 313 g/mol. The summed E-state index contributed by atoms with van der Waals surface area (Å²) in [7, 11) is 0. The summed E-state index contributed by atoms with van der Waals surface area (Å²) in [5.41, 5.74) is 9.20. The van der Waals surface area contributed by atoms with Crippen molar-refractivity contribution in [3.8, 4) is 5.75 Å². The van der Waals surface area contributed by atoms with Gasteiger partial charge in [-0.15, -0.1) is 5.10 Å². The van der Waals surface area contributed by atoms with Gasteiger partial charge in [0.2, 0.25) is 0 Å². The molecule has 7 nitrogen and oxygen atoms in total. The largest absolute Gasteiger partial charge is 0.487 e. The lowest BCUT2D eigenvalue weighted by molar-refractivity contribution is 0.291. The van der Waals surface area contributed by atoms with Crippen LogP contribution < -0.4 is 10.5 Å². The van der Waals surface area contributed by atoms with Crippen molar-refractivity contribution in [1.29, 1.82) is 0 Å². The van der Waals surface area contributed by atoms with E-state index in [1.807, 2.05) is 44.2 Å². The van der Waals surface area contributed by atoms with E-state index >= 15 is 0 Å². The molecule has 7 heteroatoms. The number of aromatic nitrogens is 4. The second-order valence-corrected chi connectivity index (χ2v) is 5.25. The number of ether oxygens (including phenoxy) is 1. The zero-order valence-electron chi connectivity index (χ0n) is 13.2. The van der Waals surface area contributed by atoms with Crippen molar-refractivity contribution in [2.24, 2.45) is 5.73 Å². The summed E-state index contributed by atoms with van der Waals surface area (Å²) >= 11 is 0. The maximum Gasteiger partial charge on any atom is 0.138 e. The normalized spacial score (nSPS) is 10.9. The average Bonchev–Trinajstić information content (AvgIpc) is 3.11. The van der Waals surface area contributed by atoms with E-state index in [1.165, 1.54) is 0 Å². The van der Waals surface area contributed by atoms with Crippen LogP contribution >= 0.6 is 0 Å². The van der Waals surface area contributed by atoms with Gasteiger partial charge in [-0.2, -0.15) is 0 Å². The van der Waals surface area contributed by atoms with E-state index in [-0.39, 0.29) is 0 Å². The Balaban J connectivity index is 1.82. The van der Waals surface area contributed by atoms with Crippen LogP contribution in [0.15, 0.2) is 34.9 Å². The van der Waals surface area contributed by atoms with Gasteiger partial charge >= 0.3 is 0 Å². The van der Waals surface area contributed by atoms with Gasteiger partial charge in [0.25, 0.3) is 0 Å². The minimum Gasteiger partial charge on any atom is -0.487 e. The predicted molar refractivity (Wildman–Crippen MR) is 83.8 cm³/mol. The van der Waals surface area contributed by atoms with Gasteiger partial charge in [0.15, 0.2) is 0 Å². The first kappa shape index (κ1) is 15.2. The number of para-hydroxylation sites is 1. The first-order valence-electron chi connectivity index (χ1n) is 7.40.